The largest absolute Gasteiger partial charge is 0.378 e. The van der Waals surface area contributed by atoms with Gasteiger partial charge >= 0.3 is 0 Å². The van der Waals surface area contributed by atoms with Gasteiger partial charge in [-0.15, -0.1) is 0 Å². The van der Waals surface area contributed by atoms with Crippen LogP contribution in [-0.2, 0) is 13.0 Å². The summed E-state index contributed by atoms with van der Waals surface area (Å²) in [6.45, 7) is 3.32. The Hall–Kier alpha value is -2.83. The average Bonchev–Trinajstić information content (AvgIpc) is 3.06. The first-order valence-electron chi connectivity index (χ1n) is 9.47. The van der Waals surface area contributed by atoms with Crippen LogP contribution < -0.4 is 15.5 Å². The number of fused-ring (bicyclic) bond motifs is 1. The van der Waals surface area contributed by atoms with Gasteiger partial charge < -0.3 is 20.1 Å². The fourth-order valence-electron chi connectivity index (χ4n) is 3.25. The zero-order valence-corrected chi connectivity index (χ0v) is 16.2. The molecule has 7 nitrogen and oxygen atoms in total. The minimum atomic E-state index is -0.271. The van der Waals surface area contributed by atoms with E-state index in [1.807, 2.05) is 54.8 Å². The van der Waals surface area contributed by atoms with Crippen molar-refractivity contribution >= 4 is 23.2 Å². The Labute approximate surface area is 159 Å². The standard InChI is InChI=1S/C20H27N5O2/c1-4-12-21-20(27)18-23-17(16-7-5-6-13-25(16)18)19(26)22-14-8-10-15(11-9-14)24(2)3/h8-11H,4-7,12-13H2,1-3H3,(H,21,27)(H,22,26). The van der Waals surface area contributed by atoms with Gasteiger partial charge in [-0.25, -0.2) is 4.98 Å². The fourth-order valence-corrected chi connectivity index (χ4v) is 3.25. The van der Waals surface area contributed by atoms with Crippen molar-refractivity contribution in [3.8, 4) is 0 Å². The van der Waals surface area contributed by atoms with Gasteiger partial charge in [-0.3, -0.25) is 9.59 Å². The molecule has 144 valence electrons. The van der Waals surface area contributed by atoms with E-state index in [1.54, 1.807) is 0 Å². The molecule has 1 aliphatic rings. The maximum Gasteiger partial charge on any atom is 0.287 e. The molecule has 1 aliphatic heterocycles. The Kier molecular flexibility index (Phi) is 5.78. The Morgan fingerprint density at radius 2 is 1.89 bits per heavy atom. The molecule has 27 heavy (non-hydrogen) atoms. The van der Waals surface area contributed by atoms with E-state index in [4.69, 9.17) is 0 Å². The van der Waals surface area contributed by atoms with Crippen molar-refractivity contribution < 1.29 is 9.59 Å². The van der Waals surface area contributed by atoms with Gasteiger partial charge in [-0.1, -0.05) is 6.92 Å². The number of nitrogens with zero attached hydrogens (tertiary/aromatic N) is 3. The van der Waals surface area contributed by atoms with Gasteiger partial charge in [-0.2, -0.15) is 0 Å². The molecule has 0 saturated heterocycles. The van der Waals surface area contributed by atoms with E-state index >= 15 is 0 Å². The maximum absolute atomic E-state index is 12.8. The molecule has 0 radical (unpaired) electrons. The molecular weight excluding hydrogens is 342 g/mol. The molecule has 1 aromatic carbocycles. The highest BCUT2D eigenvalue weighted by molar-refractivity contribution is 6.05. The number of aromatic nitrogens is 2. The number of nitrogens with one attached hydrogen (secondary N) is 2. The highest BCUT2D eigenvalue weighted by Gasteiger charge is 2.27. The lowest BCUT2D eigenvalue weighted by Gasteiger charge is -2.17. The third-order valence-corrected chi connectivity index (χ3v) is 4.71. The average molecular weight is 369 g/mol. The molecule has 2 amide bonds. The Morgan fingerprint density at radius 1 is 1.15 bits per heavy atom. The molecule has 0 atom stereocenters. The summed E-state index contributed by atoms with van der Waals surface area (Å²) in [6.07, 6.45) is 3.61. The number of carbonyl (C=O) groups excluding carboxylic acids is 2. The third-order valence-electron chi connectivity index (χ3n) is 4.71. The van der Waals surface area contributed by atoms with Crippen molar-refractivity contribution in [3.63, 3.8) is 0 Å². The molecule has 0 aliphatic carbocycles. The quantitative estimate of drug-likeness (QED) is 0.820. The van der Waals surface area contributed by atoms with Crippen LogP contribution in [0.25, 0.3) is 0 Å². The van der Waals surface area contributed by atoms with Crippen LogP contribution in [0.2, 0.25) is 0 Å². The van der Waals surface area contributed by atoms with Gasteiger partial charge in [-0.05, 0) is 49.9 Å². The normalized spacial score (nSPS) is 13.0. The monoisotopic (exact) mass is 369 g/mol. The highest BCUT2D eigenvalue weighted by Crippen LogP contribution is 2.23. The molecule has 0 fully saturated rings. The Balaban J connectivity index is 1.83. The SMILES string of the molecule is CCCNC(=O)c1nc(C(=O)Nc2ccc(N(C)C)cc2)c2n1CCCC2. The van der Waals surface area contributed by atoms with Crippen LogP contribution in [0.5, 0.6) is 0 Å². The second kappa shape index (κ2) is 8.24. The lowest BCUT2D eigenvalue weighted by atomic mass is 10.1. The Morgan fingerprint density at radius 3 is 2.56 bits per heavy atom. The number of carbonyl (C=O) groups is 2. The number of benzene rings is 1. The number of rotatable bonds is 6. The van der Waals surface area contributed by atoms with Crippen LogP contribution >= 0.6 is 0 Å². The zero-order valence-electron chi connectivity index (χ0n) is 16.2. The van der Waals surface area contributed by atoms with E-state index < -0.39 is 0 Å². The van der Waals surface area contributed by atoms with E-state index in [2.05, 4.69) is 15.6 Å². The van der Waals surface area contributed by atoms with Gasteiger partial charge in [0.2, 0.25) is 0 Å². The predicted octanol–water partition coefficient (Wildman–Crippen LogP) is 2.68. The summed E-state index contributed by atoms with van der Waals surface area (Å²) in [5.74, 6) is -0.145. The first kappa shape index (κ1) is 18.9. The first-order chi connectivity index (χ1) is 13.0. The van der Waals surface area contributed by atoms with E-state index in [-0.39, 0.29) is 11.8 Å². The number of anilines is 2. The molecule has 3 rings (SSSR count). The number of hydrogen-bond acceptors (Lipinski definition) is 4. The second-order valence-corrected chi connectivity index (χ2v) is 6.99. The lowest BCUT2D eigenvalue weighted by molar-refractivity contribution is 0.0937. The van der Waals surface area contributed by atoms with Crippen molar-refractivity contribution in [2.24, 2.45) is 0 Å². The smallest absolute Gasteiger partial charge is 0.287 e. The van der Waals surface area contributed by atoms with Crippen molar-refractivity contribution in [1.29, 1.82) is 0 Å². The molecule has 0 spiro atoms. The van der Waals surface area contributed by atoms with Crippen molar-refractivity contribution in [2.45, 2.75) is 39.2 Å². The van der Waals surface area contributed by atoms with Crippen molar-refractivity contribution in [3.05, 3.63) is 41.5 Å². The van der Waals surface area contributed by atoms with E-state index in [1.165, 1.54) is 0 Å². The third kappa shape index (κ3) is 4.13. The minimum Gasteiger partial charge on any atom is -0.378 e. The summed E-state index contributed by atoms with van der Waals surface area (Å²) >= 11 is 0. The number of hydrogen-bond donors (Lipinski definition) is 2. The molecule has 7 heteroatoms. The topological polar surface area (TPSA) is 79.3 Å². The number of amides is 2. The van der Waals surface area contributed by atoms with Gasteiger partial charge in [0.1, 0.15) is 0 Å². The molecular formula is C20H27N5O2. The first-order valence-corrected chi connectivity index (χ1v) is 9.47. The fraction of sp³-hybridized carbons (Fsp3) is 0.450. The van der Waals surface area contributed by atoms with Crippen LogP contribution in [0.1, 0.15) is 53.0 Å². The minimum absolute atomic E-state index is 0.214. The zero-order chi connectivity index (χ0) is 19.4. The van der Waals surface area contributed by atoms with Gasteiger partial charge in [0, 0.05) is 38.6 Å². The molecule has 1 aromatic heterocycles. The highest BCUT2D eigenvalue weighted by atomic mass is 16.2. The van der Waals surface area contributed by atoms with Crippen LogP contribution in [0.3, 0.4) is 0 Å². The second-order valence-electron chi connectivity index (χ2n) is 6.99. The van der Waals surface area contributed by atoms with E-state index in [0.717, 1.165) is 43.6 Å². The molecule has 2 N–H and O–H groups in total. The van der Waals surface area contributed by atoms with Gasteiger partial charge in [0.15, 0.2) is 11.5 Å². The van der Waals surface area contributed by atoms with Crippen molar-refractivity contribution in [1.82, 2.24) is 14.9 Å². The van der Waals surface area contributed by atoms with E-state index in [0.29, 0.717) is 23.8 Å². The molecule has 2 heterocycles. The summed E-state index contributed by atoms with van der Waals surface area (Å²) in [6, 6.07) is 7.62. The molecule has 2 aromatic rings. The van der Waals surface area contributed by atoms with Gasteiger partial charge in [0.25, 0.3) is 11.8 Å². The Bertz CT molecular complexity index is 824. The summed E-state index contributed by atoms with van der Waals surface area (Å²) in [4.78, 5) is 31.7. The summed E-state index contributed by atoms with van der Waals surface area (Å²) in [5, 5.41) is 5.76. The van der Waals surface area contributed by atoms with Gasteiger partial charge in [0.05, 0.1) is 5.69 Å². The van der Waals surface area contributed by atoms with Crippen LogP contribution in [0, 0.1) is 0 Å². The van der Waals surface area contributed by atoms with Crippen LogP contribution in [0.4, 0.5) is 11.4 Å². The number of imidazole rings is 1. The van der Waals surface area contributed by atoms with Crippen LogP contribution in [0.15, 0.2) is 24.3 Å². The van der Waals surface area contributed by atoms with Crippen LogP contribution in [-0.4, -0.2) is 42.0 Å². The van der Waals surface area contributed by atoms with Crippen molar-refractivity contribution in [2.75, 3.05) is 30.9 Å². The summed E-state index contributed by atoms with van der Waals surface area (Å²) in [5.41, 5.74) is 2.97. The van der Waals surface area contributed by atoms with E-state index in [9.17, 15) is 9.59 Å². The predicted molar refractivity (Wildman–Crippen MR) is 107 cm³/mol. The molecule has 0 bridgehead atoms. The molecule has 0 saturated carbocycles. The summed E-state index contributed by atoms with van der Waals surface area (Å²) in [7, 11) is 3.94. The maximum atomic E-state index is 12.8. The summed E-state index contributed by atoms with van der Waals surface area (Å²) < 4.78 is 1.90. The molecule has 0 unspecified atom stereocenters. The lowest BCUT2D eigenvalue weighted by Crippen LogP contribution is -2.28.